The lowest BCUT2D eigenvalue weighted by molar-refractivity contribution is 0.0301. The molecular weight excluding hydrogens is 520 g/mol. The molecule has 9 nitrogen and oxygen atoms in total. The normalized spacial score (nSPS) is 27.2. The average molecular weight is 563 g/mol. The molecule has 1 aromatic carbocycles. The summed E-state index contributed by atoms with van der Waals surface area (Å²) in [4.78, 5) is 21.4. The number of carbonyl (C=O) groups is 1. The molecule has 3 N–H and O–H groups in total. The van der Waals surface area contributed by atoms with Crippen LogP contribution in [0.25, 0.3) is 10.9 Å². The first-order chi connectivity index (χ1) is 20.0. The van der Waals surface area contributed by atoms with Crippen molar-refractivity contribution in [3.63, 3.8) is 0 Å². The molecule has 6 rings (SSSR count). The summed E-state index contributed by atoms with van der Waals surface area (Å²) in [6.07, 6.45) is 10.3. The van der Waals surface area contributed by atoms with Gasteiger partial charge in [0.25, 0.3) is 5.91 Å². The third-order valence-electron chi connectivity index (χ3n) is 9.08. The van der Waals surface area contributed by atoms with Gasteiger partial charge in [-0.2, -0.15) is 0 Å². The van der Waals surface area contributed by atoms with Crippen molar-refractivity contribution >= 4 is 16.8 Å². The third kappa shape index (κ3) is 6.17. The fraction of sp³-hybridized carbons (Fsp3) is 0.531. The largest absolute Gasteiger partial charge is 0.497 e. The van der Waals surface area contributed by atoms with Gasteiger partial charge in [-0.05, 0) is 49.5 Å². The van der Waals surface area contributed by atoms with Crippen LogP contribution >= 0.6 is 0 Å². The Morgan fingerprint density at radius 2 is 1.98 bits per heavy atom. The second-order valence-electron chi connectivity index (χ2n) is 11.8. The molecule has 4 aliphatic rings. The quantitative estimate of drug-likeness (QED) is 0.431. The van der Waals surface area contributed by atoms with Crippen molar-refractivity contribution in [3.8, 4) is 5.75 Å². The highest BCUT2D eigenvalue weighted by atomic mass is 16.5. The number of rotatable bonds is 9. The number of methoxy groups -OCH3 is 1. The van der Waals surface area contributed by atoms with Crippen LogP contribution in [-0.4, -0.2) is 97.0 Å². The van der Waals surface area contributed by atoms with Gasteiger partial charge >= 0.3 is 0 Å². The summed E-state index contributed by atoms with van der Waals surface area (Å²) in [5.41, 5.74) is 2.47. The van der Waals surface area contributed by atoms with E-state index in [9.17, 15) is 9.90 Å². The zero-order chi connectivity index (χ0) is 28.3. The van der Waals surface area contributed by atoms with E-state index in [1.54, 1.807) is 13.4 Å². The number of benzene rings is 1. The smallest absolute Gasteiger partial charge is 0.267 e. The van der Waals surface area contributed by atoms with E-state index in [1.807, 2.05) is 36.4 Å². The number of piperidine rings is 2. The maximum absolute atomic E-state index is 13.2. The molecule has 9 heteroatoms. The summed E-state index contributed by atoms with van der Waals surface area (Å²) >= 11 is 0. The van der Waals surface area contributed by atoms with Crippen molar-refractivity contribution in [2.45, 2.75) is 44.4 Å². The molecule has 1 amide bonds. The molecular formula is C32H42N4O5. The molecule has 4 heterocycles. The van der Waals surface area contributed by atoms with Crippen LogP contribution in [0.15, 0.2) is 60.1 Å². The van der Waals surface area contributed by atoms with E-state index < -0.39 is 0 Å². The Bertz CT molecular complexity index is 1320. The minimum atomic E-state index is -0.156. The molecule has 4 atom stereocenters. The maximum Gasteiger partial charge on any atom is 0.267 e. The number of likely N-dealkylation sites (tertiary alicyclic amines) is 2. The van der Waals surface area contributed by atoms with Crippen molar-refractivity contribution in [1.82, 2.24) is 20.1 Å². The third-order valence-corrected chi connectivity index (χ3v) is 9.08. The van der Waals surface area contributed by atoms with Crippen molar-refractivity contribution in [1.29, 1.82) is 0 Å². The zero-order valence-corrected chi connectivity index (χ0v) is 24.1. The average Bonchev–Trinajstić information content (AvgIpc) is 3.62. The number of ether oxygens (including phenoxy) is 3. The number of fused-ring (bicyclic) bond motifs is 2. The summed E-state index contributed by atoms with van der Waals surface area (Å²) in [5.74, 6) is 1.91. The topological polar surface area (TPSA) is 99.3 Å². The Labute approximate surface area is 241 Å². The summed E-state index contributed by atoms with van der Waals surface area (Å²) in [7, 11) is 1.66. The number of amides is 1. The molecule has 41 heavy (non-hydrogen) atoms. The van der Waals surface area contributed by atoms with Crippen LogP contribution in [0.2, 0.25) is 0 Å². The fourth-order valence-corrected chi connectivity index (χ4v) is 6.47. The number of nitrogens with zero attached hydrogens (tertiary/aromatic N) is 2. The second kappa shape index (κ2) is 12.3. The number of carbonyl (C=O) groups excluding carboxylic acids is 1. The molecule has 0 spiro atoms. The standard InChI is InChI=1S/C32H42N4O5/c1-21-18-36(14-11-28(21)37)16-15-35-12-9-23(10-13-35)33-32(38)27-17-25-26(34-27)6-4-7-29(25)40-19-22-20-41-31-24(22)5-3-8-30(31)39-2/h3-8,17,20-21,23-24,28,31,34,37H,9-16,18-19H2,1-2H3,(H,33,38)/t21-,24?,28-,31?/m0/s1. The van der Waals surface area contributed by atoms with Crippen molar-refractivity contribution < 1.29 is 24.1 Å². The Hall–Kier alpha value is -3.27. The van der Waals surface area contributed by atoms with E-state index in [4.69, 9.17) is 14.2 Å². The van der Waals surface area contributed by atoms with Crippen LogP contribution in [0.4, 0.5) is 0 Å². The first-order valence-corrected chi connectivity index (χ1v) is 14.9. The monoisotopic (exact) mass is 562 g/mol. The first kappa shape index (κ1) is 27.9. The van der Waals surface area contributed by atoms with Crippen LogP contribution in [0.3, 0.4) is 0 Å². The number of aliphatic hydroxyl groups is 1. The highest BCUT2D eigenvalue weighted by molar-refractivity contribution is 5.99. The lowest BCUT2D eigenvalue weighted by Gasteiger charge is -2.37. The minimum absolute atomic E-state index is 0.0765. The number of aromatic nitrogens is 1. The summed E-state index contributed by atoms with van der Waals surface area (Å²) in [5, 5.41) is 14.1. The summed E-state index contributed by atoms with van der Waals surface area (Å²) in [6.45, 7) is 8.54. The lowest BCUT2D eigenvalue weighted by Crippen LogP contribution is -2.48. The molecule has 0 radical (unpaired) electrons. The van der Waals surface area contributed by atoms with Gasteiger partial charge in [-0.15, -0.1) is 0 Å². The minimum Gasteiger partial charge on any atom is -0.497 e. The number of H-pyrrole nitrogens is 1. The van der Waals surface area contributed by atoms with E-state index in [2.05, 4.69) is 33.1 Å². The van der Waals surface area contributed by atoms with Gasteiger partial charge in [0.1, 0.15) is 23.8 Å². The summed E-state index contributed by atoms with van der Waals surface area (Å²) < 4.78 is 17.5. The highest BCUT2D eigenvalue weighted by Gasteiger charge is 2.35. The number of nitrogens with one attached hydrogen (secondary N) is 2. The Balaban J connectivity index is 0.994. The van der Waals surface area contributed by atoms with Gasteiger partial charge in [0.2, 0.25) is 0 Å². The Morgan fingerprint density at radius 1 is 1.17 bits per heavy atom. The van der Waals surface area contributed by atoms with Gasteiger partial charge in [-0.3, -0.25) is 4.79 Å². The summed E-state index contributed by atoms with van der Waals surface area (Å²) in [6, 6.07) is 7.90. The van der Waals surface area contributed by atoms with Gasteiger partial charge in [0.15, 0.2) is 6.10 Å². The van der Waals surface area contributed by atoms with Crippen molar-refractivity contribution in [2.75, 3.05) is 53.0 Å². The molecule has 0 bridgehead atoms. The van der Waals surface area contributed by atoms with E-state index in [0.29, 0.717) is 18.2 Å². The van der Waals surface area contributed by atoms with E-state index >= 15 is 0 Å². The molecule has 3 aliphatic heterocycles. The number of hydrogen-bond donors (Lipinski definition) is 3. The maximum atomic E-state index is 13.2. The van der Waals surface area contributed by atoms with Gasteiger partial charge in [0.05, 0.1) is 19.5 Å². The highest BCUT2D eigenvalue weighted by Crippen LogP contribution is 2.35. The molecule has 2 saturated heterocycles. The zero-order valence-electron chi connectivity index (χ0n) is 24.1. The first-order valence-electron chi connectivity index (χ1n) is 14.9. The van der Waals surface area contributed by atoms with E-state index in [-0.39, 0.29) is 30.1 Å². The predicted molar refractivity (Wildman–Crippen MR) is 158 cm³/mol. The number of allylic oxidation sites excluding steroid dienone is 2. The molecule has 1 aliphatic carbocycles. The van der Waals surface area contributed by atoms with Gasteiger partial charge < -0.3 is 39.4 Å². The van der Waals surface area contributed by atoms with Gasteiger partial charge in [-0.25, -0.2) is 0 Å². The van der Waals surface area contributed by atoms with Crippen LogP contribution in [0, 0.1) is 11.8 Å². The predicted octanol–water partition coefficient (Wildman–Crippen LogP) is 3.44. The number of aliphatic hydroxyl groups excluding tert-OH is 1. The second-order valence-corrected chi connectivity index (χ2v) is 11.8. The molecule has 2 aromatic rings. The SMILES string of the molecule is COC1=CC=CC2C(COc3cccc4[nH]c(C(=O)NC5CCN(CCN6CC[C@H](O)[C@@H](C)C6)CC5)cc34)=COC12. The Kier molecular flexibility index (Phi) is 8.37. The van der Waals surface area contributed by atoms with Gasteiger partial charge in [-0.1, -0.05) is 25.1 Å². The van der Waals surface area contributed by atoms with Gasteiger partial charge in [0, 0.05) is 67.7 Å². The Morgan fingerprint density at radius 3 is 2.78 bits per heavy atom. The van der Waals surface area contributed by atoms with E-state index in [1.165, 1.54) is 0 Å². The number of aromatic amines is 1. The van der Waals surface area contributed by atoms with Crippen molar-refractivity contribution in [3.05, 3.63) is 65.8 Å². The number of hydrogen-bond acceptors (Lipinski definition) is 7. The molecule has 220 valence electrons. The fourth-order valence-electron chi connectivity index (χ4n) is 6.47. The lowest BCUT2D eigenvalue weighted by atomic mass is 9.91. The van der Waals surface area contributed by atoms with Crippen LogP contribution in [0.1, 0.15) is 36.7 Å². The molecule has 0 saturated carbocycles. The van der Waals surface area contributed by atoms with Crippen molar-refractivity contribution in [2.24, 2.45) is 11.8 Å². The van der Waals surface area contributed by atoms with Crippen LogP contribution < -0.4 is 10.1 Å². The molecule has 2 fully saturated rings. The van der Waals surface area contributed by atoms with Crippen LogP contribution in [-0.2, 0) is 9.47 Å². The van der Waals surface area contributed by atoms with Crippen LogP contribution in [0.5, 0.6) is 5.75 Å². The van der Waals surface area contributed by atoms with E-state index in [0.717, 1.165) is 86.5 Å². The molecule has 2 unspecified atom stereocenters. The molecule has 1 aromatic heterocycles.